The Labute approximate surface area is 168 Å². The second-order valence-electron chi connectivity index (χ2n) is 6.92. The van der Waals surface area contributed by atoms with Gasteiger partial charge in [-0.05, 0) is 50.5 Å². The summed E-state index contributed by atoms with van der Waals surface area (Å²) in [5.41, 5.74) is 6.51. The molecule has 0 fully saturated rings. The molecule has 8 heteroatoms. The number of nitrogens with zero attached hydrogens (tertiary/aromatic N) is 2. The van der Waals surface area contributed by atoms with Crippen molar-refractivity contribution in [2.45, 2.75) is 39.7 Å². The van der Waals surface area contributed by atoms with Crippen molar-refractivity contribution in [2.75, 3.05) is 10.3 Å². The third-order valence-corrected chi connectivity index (χ3v) is 4.49. The fraction of sp³-hybridized carbons (Fsp3) is 0.300. The van der Waals surface area contributed by atoms with Crippen molar-refractivity contribution < 1.29 is 14.7 Å². The molecule has 0 saturated heterocycles. The van der Waals surface area contributed by atoms with Crippen LogP contribution in [0, 0.1) is 6.92 Å². The molecule has 1 aromatic carbocycles. The van der Waals surface area contributed by atoms with Crippen molar-refractivity contribution in [3.63, 3.8) is 0 Å². The average Bonchev–Trinajstić information content (AvgIpc) is 3.11. The highest BCUT2D eigenvalue weighted by molar-refractivity contribution is 6.33. The number of anilines is 2. The number of carbonyl (C=O) groups is 1. The van der Waals surface area contributed by atoms with E-state index in [1.165, 1.54) is 0 Å². The summed E-state index contributed by atoms with van der Waals surface area (Å²) in [6, 6.07) is 7.87. The summed E-state index contributed by atoms with van der Waals surface area (Å²) in [7, 11) is 0. The van der Waals surface area contributed by atoms with Crippen LogP contribution >= 0.6 is 11.6 Å². The lowest BCUT2D eigenvalue weighted by Crippen LogP contribution is -2.27. The van der Waals surface area contributed by atoms with E-state index >= 15 is 0 Å². The molecule has 2 aromatic rings. The van der Waals surface area contributed by atoms with Gasteiger partial charge < -0.3 is 15.3 Å². The van der Waals surface area contributed by atoms with Gasteiger partial charge in [-0.1, -0.05) is 29.3 Å². The van der Waals surface area contributed by atoms with E-state index < -0.39 is 5.97 Å². The third-order valence-electron chi connectivity index (χ3n) is 4.20. The molecule has 0 bridgehead atoms. The normalized spacial score (nSPS) is 13.5. The van der Waals surface area contributed by atoms with Crippen molar-refractivity contribution in [3.8, 4) is 0 Å². The fourth-order valence-corrected chi connectivity index (χ4v) is 3.09. The van der Waals surface area contributed by atoms with E-state index in [1.807, 2.05) is 45.2 Å². The van der Waals surface area contributed by atoms with Crippen LogP contribution < -0.4 is 15.9 Å². The zero-order valence-corrected chi connectivity index (χ0v) is 16.7. The Kier molecular flexibility index (Phi) is 6.06. The van der Waals surface area contributed by atoms with Crippen LogP contribution in [0.5, 0.6) is 0 Å². The van der Waals surface area contributed by atoms with E-state index in [-0.39, 0.29) is 12.5 Å². The van der Waals surface area contributed by atoms with Crippen LogP contribution in [-0.4, -0.2) is 22.1 Å². The van der Waals surface area contributed by atoms with Crippen molar-refractivity contribution >= 4 is 34.8 Å². The first-order valence-corrected chi connectivity index (χ1v) is 9.38. The van der Waals surface area contributed by atoms with Gasteiger partial charge in [-0.3, -0.25) is 4.79 Å². The van der Waals surface area contributed by atoms with Gasteiger partial charge in [0.25, 0.3) is 0 Å². The number of carboxylic acid groups (broad SMARTS) is 1. The molecule has 7 nitrogen and oxygen atoms in total. The van der Waals surface area contributed by atoms with E-state index in [4.69, 9.17) is 21.5 Å². The molecule has 148 valence electrons. The molecule has 3 N–H and O–H groups in total. The quantitative estimate of drug-likeness (QED) is 0.641. The van der Waals surface area contributed by atoms with Crippen LogP contribution in [-0.2, 0) is 16.1 Å². The highest BCUT2D eigenvalue weighted by Gasteiger charge is 2.20. The molecule has 0 unspecified atom stereocenters. The van der Waals surface area contributed by atoms with E-state index in [0.717, 1.165) is 22.4 Å². The lowest BCUT2D eigenvalue weighted by molar-refractivity contribution is -0.136. The molecule has 28 heavy (non-hydrogen) atoms. The summed E-state index contributed by atoms with van der Waals surface area (Å²) in [4.78, 5) is 20.7. The Morgan fingerprint density at radius 1 is 1.39 bits per heavy atom. The molecule has 2 heterocycles. The van der Waals surface area contributed by atoms with Gasteiger partial charge in [0.1, 0.15) is 5.82 Å². The van der Waals surface area contributed by atoms with Crippen molar-refractivity contribution in [1.29, 1.82) is 0 Å². The average molecular weight is 403 g/mol. The standard InChI is InChI=1S/C20H23ClN4O3/c1-12(2)23-20-16(21)9-15(10-22-20)18-11-25(24-28-18)17-6-4-14(8-13(17)3)5-7-19(26)27/h4,6,8-12,24H,5,7H2,1-3H3,(H,22,23)(H,26,27). The first kappa shape index (κ1) is 20.0. The van der Waals surface area contributed by atoms with Crippen LogP contribution in [0.25, 0.3) is 5.76 Å². The number of nitrogens with one attached hydrogen (secondary N) is 2. The summed E-state index contributed by atoms with van der Waals surface area (Å²) >= 11 is 6.32. The molecular formula is C20H23ClN4O3. The highest BCUT2D eigenvalue weighted by Crippen LogP contribution is 2.30. The first-order valence-electron chi connectivity index (χ1n) is 9.01. The molecule has 0 amide bonds. The minimum absolute atomic E-state index is 0.114. The zero-order valence-electron chi connectivity index (χ0n) is 16.0. The highest BCUT2D eigenvalue weighted by atomic mass is 35.5. The van der Waals surface area contributed by atoms with Crippen LogP contribution in [0.2, 0.25) is 5.02 Å². The summed E-state index contributed by atoms with van der Waals surface area (Å²) in [6.45, 7) is 6.01. The van der Waals surface area contributed by atoms with Gasteiger partial charge in [0.05, 0.1) is 16.9 Å². The molecule has 0 aliphatic carbocycles. The predicted molar refractivity (Wildman–Crippen MR) is 110 cm³/mol. The molecule has 1 aliphatic rings. The van der Waals surface area contributed by atoms with Crippen molar-refractivity contribution in [1.82, 2.24) is 10.6 Å². The minimum atomic E-state index is -0.800. The monoisotopic (exact) mass is 402 g/mol. The van der Waals surface area contributed by atoms with E-state index in [2.05, 4.69) is 15.9 Å². The van der Waals surface area contributed by atoms with Crippen LogP contribution in [0.15, 0.2) is 36.7 Å². The number of carboxylic acids is 1. The maximum absolute atomic E-state index is 10.7. The number of aromatic nitrogens is 1. The zero-order chi connectivity index (χ0) is 20.3. The van der Waals surface area contributed by atoms with Gasteiger partial charge >= 0.3 is 5.97 Å². The van der Waals surface area contributed by atoms with Gasteiger partial charge in [0.2, 0.25) is 0 Å². The Bertz CT molecular complexity index is 914. The van der Waals surface area contributed by atoms with Crippen molar-refractivity contribution in [2.24, 2.45) is 0 Å². The molecule has 0 spiro atoms. The van der Waals surface area contributed by atoms with Crippen LogP contribution in [0.4, 0.5) is 11.5 Å². The molecule has 1 aliphatic heterocycles. The number of aliphatic carboxylic acids is 1. The summed E-state index contributed by atoms with van der Waals surface area (Å²) in [5, 5.41) is 14.3. The number of hydrogen-bond donors (Lipinski definition) is 3. The molecule has 0 saturated carbocycles. The molecular weight excluding hydrogens is 380 g/mol. The van der Waals surface area contributed by atoms with E-state index in [9.17, 15) is 4.79 Å². The van der Waals surface area contributed by atoms with Gasteiger partial charge in [-0.15, -0.1) is 0 Å². The minimum Gasteiger partial charge on any atom is -0.481 e. The largest absolute Gasteiger partial charge is 0.481 e. The summed E-state index contributed by atoms with van der Waals surface area (Å²) in [6.07, 6.45) is 4.14. The molecule has 1 aromatic heterocycles. The SMILES string of the molecule is Cc1cc(CCC(=O)O)ccc1N1C=C(c2cnc(NC(C)C)c(Cl)c2)ON1. The number of hydrazine groups is 1. The topological polar surface area (TPSA) is 86.7 Å². The Hall–Kier alpha value is -2.77. The maximum Gasteiger partial charge on any atom is 0.303 e. The maximum atomic E-state index is 10.7. The number of pyridine rings is 1. The van der Waals surface area contributed by atoms with Crippen LogP contribution in [0.3, 0.4) is 0 Å². The van der Waals surface area contributed by atoms with Gasteiger partial charge in [-0.25, -0.2) is 9.99 Å². The number of benzene rings is 1. The second-order valence-corrected chi connectivity index (χ2v) is 7.33. The number of halogens is 1. The summed E-state index contributed by atoms with van der Waals surface area (Å²) < 4.78 is 0. The van der Waals surface area contributed by atoms with Gasteiger partial charge in [0, 0.05) is 24.2 Å². The lowest BCUT2D eigenvalue weighted by Gasteiger charge is -2.17. The molecule has 0 atom stereocenters. The number of aryl methyl sites for hydroxylation is 2. The lowest BCUT2D eigenvalue weighted by atomic mass is 10.1. The predicted octanol–water partition coefficient (Wildman–Crippen LogP) is 4.14. The summed E-state index contributed by atoms with van der Waals surface area (Å²) in [5.74, 6) is 0.433. The van der Waals surface area contributed by atoms with Crippen molar-refractivity contribution in [3.05, 3.63) is 58.4 Å². The van der Waals surface area contributed by atoms with Gasteiger partial charge in [-0.2, -0.15) is 0 Å². The van der Waals surface area contributed by atoms with E-state index in [0.29, 0.717) is 23.0 Å². The number of hydrogen-bond acceptors (Lipinski definition) is 6. The molecule has 3 rings (SSSR count). The second kappa shape index (κ2) is 8.50. The fourth-order valence-electron chi connectivity index (χ4n) is 2.87. The third kappa shape index (κ3) is 4.74. The van der Waals surface area contributed by atoms with Gasteiger partial charge in [0.15, 0.2) is 5.76 Å². The van der Waals surface area contributed by atoms with E-state index in [1.54, 1.807) is 17.3 Å². The number of rotatable bonds is 7. The molecule has 0 radical (unpaired) electrons. The van der Waals surface area contributed by atoms with Crippen LogP contribution in [0.1, 0.15) is 37.0 Å². The Balaban J connectivity index is 1.76. The Morgan fingerprint density at radius 2 is 2.18 bits per heavy atom. The first-order chi connectivity index (χ1) is 13.3. The smallest absolute Gasteiger partial charge is 0.303 e. The Morgan fingerprint density at radius 3 is 2.82 bits per heavy atom.